The van der Waals surface area contributed by atoms with Crippen LogP contribution in [-0.2, 0) is 9.53 Å². The SMILES string of the molecule is Cc1ccc(Oc2nc3ccccn3c(=O)c2/C=C(\C#N)C(=O)NCC2CCCO2)c(C)c1. The van der Waals surface area contributed by atoms with Crippen molar-refractivity contribution >= 4 is 17.6 Å². The third-order valence-corrected chi connectivity index (χ3v) is 5.44. The lowest BCUT2D eigenvalue weighted by molar-refractivity contribution is -0.117. The fourth-order valence-electron chi connectivity index (χ4n) is 3.70. The minimum atomic E-state index is -0.581. The molecule has 0 bridgehead atoms. The van der Waals surface area contributed by atoms with Gasteiger partial charge in [-0.15, -0.1) is 0 Å². The third-order valence-electron chi connectivity index (χ3n) is 5.44. The van der Waals surface area contributed by atoms with Gasteiger partial charge < -0.3 is 14.8 Å². The van der Waals surface area contributed by atoms with Crippen LogP contribution in [-0.4, -0.2) is 34.5 Å². The smallest absolute Gasteiger partial charge is 0.269 e. The Balaban J connectivity index is 1.74. The average Bonchev–Trinajstić information content (AvgIpc) is 3.33. The molecule has 1 saturated heterocycles. The maximum Gasteiger partial charge on any atom is 0.269 e. The predicted octanol–water partition coefficient (Wildman–Crippen LogP) is 3.31. The van der Waals surface area contributed by atoms with E-state index in [-0.39, 0.29) is 23.1 Å². The molecule has 3 heterocycles. The number of carbonyl (C=O) groups is 1. The van der Waals surface area contributed by atoms with Crippen molar-refractivity contribution in [1.29, 1.82) is 5.26 Å². The number of pyridine rings is 1. The lowest BCUT2D eigenvalue weighted by atomic mass is 10.1. The van der Waals surface area contributed by atoms with Gasteiger partial charge in [0.2, 0.25) is 5.88 Å². The summed E-state index contributed by atoms with van der Waals surface area (Å²) in [6, 6.07) is 12.7. The second-order valence-corrected chi connectivity index (χ2v) is 7.95. The van der Waals surface area contributed by atoms with E-state index in [4.69, 9.17) is 9.47 Å². The number of rotatable bonds is 6. The zero-order valence-corrected chi connectivity index (χ0v) is 18.5. The van der Waals surface area contributed by atoms with Crippen molar-refractivity contribution in [3.63, 3.8) is 0 Å². The summed E-state index contributed by atoms with van der Waals surface area (Å²) in [6.45, 7) is 4.84. The third kappa shape index (κ3) is 4.94. The summed E-state index contributed by atoms with van der Waals surface area (Å²) in [5.74, 6) is -0.0235. The van der Waals surface area contributed by atoms with Crippen molar-refractivity contribution in [2.75, 3.05) is 13.2 Å². The van der Waals surface area contributed by atoms with Crippen LogP contribution in [0.15, 0.2) is 53.0 Å². The van der Waals surface area contributed by atoms with Gasteiger partial charge >= 0.3 is 0 Å². The monoisotopic (exact) mass is 444 g/mol. The van der Waals surface area contributed by atoms with Crippen LogP contribution in [0.1, 0.15) is 29.5 Å². The molecule has 1 fully saturated rings. The molecule has 1 N–H and O–H groups in total. The van der Waals surface area contributed by atoms with E-state index in [0.29, 0.717) is 24.5 Å². The summed E-state index contributed by atoms with van der Waals surface area (Å²) in [5.41, 5.74) is 1.69. The van der Waals surface area contributed by atoms with Gasteiger partial charge in [-0.1, -0.05) is 23.8 Å². The Labute approximate surface area is 191 Å². The molecule has 168 valence electrons. The van der Waals surface area contributed by atoms with Crippen LogP contribution in [0.2, 0.25) is 0 Å². The molecular weight excluding hydrogens is 420 g/mol. The molecule has 8 heteroatoms. The molecule has 0 radical (unpaired) electrons. The van der Waals surface area contributed by atoms with Gasteiger partial charge in [-0.05, 0) is 56.5 Å². The summed E-state index contributed by atoms with van der Waals surface area (Å²) in [5, 5.41) is 12.3. The number of hydrogen-bond donors (Lipinski definition) is 1. The minimum absolute atomic E-state index is 0.0162. The van der Waals surface area contributed by atoms with Crippen LogP contribution in [0, 0.1) is 25.2 Å². The first-order valence-electron chi connectivity index (χ1n) is 10.7. The Morgan fingerprint density at radius 2 is 2.21 bits per heavy atom. The fourth-order valence-corrected chi connectivity index (χ4v) is 3.70. The standard InChI is InChI=1S/C25H24N4O4/c1-16-8-9-21(17(2)12-16)33-24-20(25(31)29-10-4-3-7-22(29)28-24)13-18(14-26)23(30)27-15-19-6-5-11-32-19/h3-4,7-10,12-13,19H,5-6,11,15H2,1-2H3,(H,27,30)/b18-13+. The molecule has 4 rings (SSSR count). The molecule has 1 amide bonds. The van der Waals surface area contributed by atoms with Crippen molar-refractivity contribution in [2.24, 2.45) is 0 Å². The molecule has 0 aliphatic carbocycles. The first-order valence-corrected chi connectivity index (χ1v) is 10.7. The average molecular weight is 444 g/mol. The summed E-state index contributed by atoms with van der Waals surface area (Å²) in [7, 11) is 0. The van der Waals surface area contributed by atoms with E-state index in [1.807, 2.05) is 32.0 Å². The van der Waals surface area contributed by atoms with E-state index in [1.54, 1.807) is 30.5 Å². The second-order valence-electron chi connectivity index (χ2n) is 7.95. The van der Waals surface area contributed by atoms with Crippen LogP contribution in [0.5, 0.6) is 11.6 Å². The predicted molar refractivity (Wildman–Crippen MR) is 123 cm³/mol. The molecule has 0 spiro atoms. The zero-order chi connectivity index (χ0) is 23.4. The van der Waals surface area contributed by atoms with Gasteiger partial charge in [-0.2, -0.15) is 10.2 Å². The Morgan fingerprint density at radius 1 is 1.36 bits per heavy atom. The van der Waals surface area contributed by atoms with Crippen molar-refractivity contribution < 1.29 is 14.3 Å². The maximum atomic E-state index is 13.3. The number of fused-ring (bicyclic) bond motifs is 1. The van der Waals surface area contributed by atoms with Gasteiger partial charge in [0.1, 0.15) is 28.6 Å². The highest BCUT2D eigenvalue weighted by Gasteiger charge is 2.20. The van der Waals surface area contributed by atoms with Crippen LogP contribution < -0.4 is 15.6 Å². The van der Waals surface area contributed by atoms with Crippen molar-refractivity contribution in [2.45, 2.75) is 32.8 Å². The lowest BCUT2D eigenvalue weighted by Crippen LogP contribution is -2.32. The highest BCUT2D eigenvalue weighted by molar-refractivity contribution is 6.01. The van der Waals surface area contributed by atoms with E-state index < -0.39 is 11.5 Å². The number of nitrogens with zero attached hydrogens (tertiary/aromatic N) is 3. The quantitative estimate of drug-likeness (QED) is 0.462. The number of carbonyl (C=O) groups excluding carboxylic acids is 1. The number of amides is 1. The Kier molecular flexibility index (Phi) is 6.52. The number of aromatic nitrogens is 2. The van der Waals surface area contributed by atoms with E-state index in [2.05, 4.69) is 10.3 Å². The van der Waals surface area contributed by atoms with E-state index in [1.165, 1.54) is 10.5 Å². The number of benzene rings is 1. The van der Waals surface area contributed by atoms with Gasteiger partial charge in [0.05, 0.1) is 6.10 Å². The molecule has 3 aromatic rings. The first-order chi connectivity index (χ1) is 16.0. The molecule has 1 atom stereocenters. The highest BCUT2D eigenvalue weighted by Crippen LogP contribution is 2.27. The van der Waals surface area contributed by atoms with Gasteiger partial charge in [0.25, 0.3) is 11.5 Å². The Hall–Kier alpha value is -3.96. The molecule has 8 nitrogen and oxygen atoms in total. The maximum absolute atomic E-state index is 13.3. The lowest BCUT2D eigenvalue weighted by Gasteiger charge is -2.13. The number of aryl methyl sites for hydroxylation is 2. The fraction of sp³-hybridized carbons (Fsp3) is 0.280. The largest absolute Gasteiger partial charge is 0.438 e. The van der Waals surface area contributed by atoms with E-state index in [0.717, 1.165) is 24.0 Å². The van der Waals surface area contributed by atoms with Crippen molar-refractivity contribution in [1.82, 2.24) is 14.7 Å². The Bertz CT molecular complexity index is 1330. The molecular formula is C25H24N4O4. The van der Waals surface area contributed by atoms with Crippen LogP contribution in [0.4, 0.5) is 0 Å². The number of nitriles is 1. The topological polar surface area (TPSA) is 106 Å². The van der Waals surface area contributed by atoms with E-state index in [9.17, 15) is 14.9 Å². The van der Waals surface area contributed by atoms with Gasteiger partial charge in [0.15, 0.2) is 0 Å². The second kappa shape index (κ2) is 9.67. The van der Waals surface area contributed by atoms with Gasteiger partial charge in [-0.25, -0.2) is 0 Å². The van der Waals surface area contributed by atoms with Gasteiger partial charge in [0, 0.05) is 19.3 Å². The highest BCUT2D eigenvalue weighted by atomic mass is 16.5. The Morgan fingerprint density at radius 3 is 2.94 bits per heavy atom. The number of ether oxygens (including phenoxy) is 2. The zero-order valence-electron chi connectivity index (χ0n) is 18.5. The summed E-state index contributed by atoms with van der Waals surface area (Å²) in [4.78, 5) is 30.4. The van der Waals surface area contributed by atoms with Crippen LogP contribution in [0.3, 0.4) is 0 Å². The van der Waals surface area contributed by atoms with E-state index >= 15 is 0 Å². The van der Waals surface area contributed by atoms with Crippen molar-refractivity contribution in [3.8, 4) is 17.7 Å². The first kappa shape index (κ1) is 22.2. The van der Waals surface area contributed by atoms with Crippen LogP contribution in [0.25, 0.3) is 11.7 Å². The minimum Gasteiger partial charge on any atom is -0.438 e. The number of hydrogen-bond acceptors (Lipinski definition) is 6. The molecule has 33 heavy (non-hydrogen) atoms. The molecule has 0 saturated carbocycles. The molecule has 1 aliphatic rings. The molecule has 1 aromatic carbocycles. The molecule has 1 aliphatic heterocycles. The van der Waals surface area contributed by atoms with Crippen molar-refractivity contribution in [3.05, 3.63) is 75.2 Å². The number of nitrogens with one attached hydrogen (secondary N) is 1. The summed E-state index contributed by atoms with van der Waals surface area (Å²) < 4.78 is 12.9. The van der Waals surface area contributed by atoms with Crippen LogP contribution >= 0.6 is 0 Å². The molecule has 2 aromatic heterocycles. The molecule has 1 unspecified atom stereocenters. The van der Waals surface area contributed by atoms with Gasteiger partial charge in [-0.3, -0.25) is 14.0 Å². The normalized spacial score (nSPS) is 15.9. The summed E-state index contributed by atoms with van der Waals surface area (Å²) >= 11 is 0. The summed E-state index contributed by atoms with van der Waals surface area (Å²) in [6.07, 6.45) is 4.55.